The highest BCUT2D eigenvalue weighted by Gasteiger charge is 2.32. The summed E-state index contributed by atoms with van der Waals surface area (Å²) in [5.74, 6) is 0. The standard InChI is InChI=1S/C12H25NO2/c1-6-7-13(5)10-8-14-11(15-9-10)12(2,3)4/h10-11H,6-9H2,1-5H3. The van der Waals surface area contributed by atoms with E-state index in [0.717, 1.165) is 19.8 Å². The Morgan fingerprint density at radius 3 is 2.13 bits per heavy atom. The van der Waals surface area contributed by atoms with Gasteiger partial charge < -0.3 is 9.47 Å². The molecule has 0 atom stereocenters. The van der Waals surface area contributed by atoms with Crippen LogP contribution in [0.15, 0.2) is 0 Å². The van der Waals surface area contributed by atoms with Gasteiger partial charge in [-0.15, -0.1) is 0 Å². The Hall–Kier alpha value is -0.120. The molecule has 1 aliphatic heterocycles. The normalized spacial score (nSPS) is 28.4. The minimum Gasteiger partial charge on any atom is -0.350 e. The summed E-state index contributed by atoms with van der Waals surface area (Å²) in [6.07, 6.45) is 1.12. The average molecular weight is 215 g/mol. The average Bonchev–Trinajstić information content (AvgIpc) is 2.17. The summed E-state index contributed by atoms with van der Waals surface area (Å²) in [6, 6.07) is 0.420. The van der Waals surface area contributed by atoms with Gasteiger partial charge in [0, 0.05) is 5.41 Å². The van der Waals surface area contributed by atoms with Crippen molar-refractivity contribution in [1.29, 1.82) is 0 Å². The lowest BCUT2D eigenvalue weighted by Crippen LogP contribution is -2.49. The number of nitrogens with zero attached hydrogens (tertiary/aromatic N) is 1. The Balaban J connectivity index is 2.36. The van der Waals surface area contributed by atoms with Crippen molar-refractivity contribution in [3.05, 3.63) is 0 Å². The maximum Gasteiger partial charge on any atom is 0.162 e. The molecule has 3 nitrogen and oxygen atoms in total. The van der Waals surface area contributed by atoms with E-state index >= 15 is 0 Å². The van der Waals surface area contributed by atoms with Crippen LogP contribution in [0.2, 0.25) is 0 Å². The van der Waals surface area contributed by atoms with Gasteiger partial charge >= 0.3 is 0 Å². The first kappa shape index (κ1) is 12.9. The van der Waals surface area contributed by atoms with Crippen LogP contribution in [-0.2, 0) is 9.47 Å². The third-order valence-electron chi connectivity index (χ3n) is 2.79. The van der Waals surface area contributed by atoms with Gasteiger partial charge in [0.25, 0.3) is 0 Å². The summed E-state index contributed by atoms with van der Waals surface area (Å²) in [5, 5.41) is 0. The summed E-state index contributed by atoms with van der Waals surface area (Å²) in [6.45, 7) is 11.3. The number of hydrogen-bond donors (Lipinski definition) is 0. The second-order valence-electron chi connectivity index (χ2n) is 5.50. The first-order valence-corrected chi connectivity index (χ1v) is 5.88. The van der Waals surface area contributed by atoms with Gasteiger partial charge in [0.05, 0.1) is 19.3 Å². The van der Waals surface area contributed by atoms with Crippen LogP contribution in [0.5, 0.6) is 0 Å². The fourth-order valence-corrected chi connectivity index (χ4v) is 1.78. The topological polar surface area (TPSA) is 21.7 Å². The molecule has 3 heteroatoms. The van der Waals surface area contributed by atoms with Gasteiger partial charge in [-0.05, 0) is 20.0 Å². The Bertz CT molecular complexity index is 181. The molecule has 0 amide bonds. The number of ether oxygens (including phenoxy) is 2. The van der Waals surface area contributed by atoms with Gasteiger partial charge in [-0.3, -0.25) is 4.90 Å². The highest BCUT2D eigenvalue weighted by atomic mass is 16.7. The zero-order valence-electron chi connectivity index (χ0n) is 10.7. The van der Waals surface area contributed by atoms with Crippen molar-refractivity contribution in [2.45, 2.75) is 46.4 Å². The van der Waals surface area contributed by atoms with Crippen LogP contribution in [0, 0.1) is 5.41 Å². The molecule has 15 heavy (non-hydrogen) atoms. The molecule has 0 unspecified atom stereocenters. The molecular weight excluding hydrogens is 190 g/mol. The van der Waals surface area contributed by atoms with Crippen LogP contribution in [0.4, 0.5) is 0 Å². The third kappa shape index (κ3) is 3.74. The first-order chi connectivity index (χ1) is 6.95. The summed E-state index contributed by atoms with van der Waals surface area (Å²) >= 11 is 0. The monoisotopic (exact) mass is 215 g/mol. The zero-order chi connectivity index (χ0) is 11.5. The Morgan fingerprint density at radius 1 is 1.20 bits per heavy atom. The minimum atomic E-state index is -0.0521. The number of hydrogen-bond acceptors (Lipinski definition) is 3. The highest BCUT2D eigenvalue weighted by molar-refractivity contribution is 4.76. The van der Waals surface area contributed by atoms with Crippen LogP contribution in [0.1, 0.15) is 34.1 Å². The van der Waals surface area contributed by atoms with Crippen LogP contribution in [0.3, 0.4) is 0 Å². The molecule has 1 fully saturated rings. The first-order valence-electron chi connectivity index (χ1n) is 5.88. The molecule has 0 N–H and O–H groups in total. The molecule has 1 rings (SSSR count). The smallest absolute Gasteiger partial charge is 0.162 e. The van der Waals surface area contributed by atoms with E-state index in [9.17, 15) is 0 Å². The van der Waals surface area contributed by atoms with Crippen LogP contribution >= 0.6 is 0 Å². The van der Waals surface area contributed by atoms with Gasteiger partial charge in [-0.25, -0.2) is 0 Å². The fraction of sp³-hybridized carbons (Fsp3) is 1.00. The third-order valence-corrected chi connectivity index (χ3v) is 2.79. The maximum absolute atomic E-state index is 5.76. The summed E-state index contributed by atoms with van der Waals surface area (Å²) < 4.78 is 11.5. The molecule has 0 spiro atoms. The molecule has 1 saturated heterocycles. The van der Waals surface area contributed by atoms with Crippen molar-refractivity contribution in [3.63, 3.8) is 0 Å². The molecule has 0 aromatic carbocycles. The molecule has 0 saturated carbocycles. The molecule has 1 heterocycles. The van der Waals surface area contributed by atoms with Crippen molar-refractivity contribution < 1.29 is 9.47 Å². The zero-order valence-corrected chi connectivity index (χ0v) is 10.7. The van der Waals surface area contributed by atoms with Gasteiger partial charge in [0.1, 0.15) is 0 Å². The molecule has 0 bridgehead atoms. The second kappa shape index (κ2) is 5.28. The predicted molar refractivity (Wildman–Crippen MR) is 61.9 cm³/mol. The quantitative estimate of drug-likeness (QED) is 0.720. The molecule has 1 aliphatic rings. The van der Waals surface area contributed by atoms with Gasteiger partial charge in [0.2, 0.25) is 0 Å². The van der Waals surface area contributed by atoms with E-state index in [2.05, 4.69) is 39.6 Å². The van der Waals surface area contributed by atoms with Gasteiger partial charge in [0.15, 0.2) is 6.29 Å². The van der Waals surface area contributed by atoms with Crippen molar-refractivity contribution in [2.24, 2.45) is 5.41 Å². The highest BCUT2D eigenvalue weighted by Crippen LogP contribution is 2.26. The Morgan fingerprint density at radius 2 is 1.73 bits per heavy atom. The van der Waals surface area contributed by atoms with Crippen molar-refractivity contribution in [1.82, 2.24) is 4.90 Å². The lowest BCUT2D eigenvalue weighted by atomic mass is 9.95. The number of likely N-dealkylation sites (N-methyl/N-ethyl adjacent to an activating group) is 1. The minimum absolute atomic E-state index is 0.0521. The van der Waals surface area contributed by atoms with E-state index in [1.807, 2.05) is 0 Å². The summed E-state index contributed by atoms with van der Waals surface area (Å²) in [7, 11) is 2.14. The fourth-order valence-electron chi connectivity index (χ4n) is 1.78. The summed E-state index contributed by atoms with van der Waals surface area (Å²) in [5.41, 5.74) is 0.0777. The van der Waals surface area contributed by atoms with E-state index in [0.29, 0.717) is 6.04 Å². The summed E-state index contributed by atoms with van der Waals surface area (Å²) in [4.78, 5) is 2.32. The SMILES string of the molecule is CCCN(C)C1COC(C(C)(C)C)OC1. The van der Waals surface area contributed by atoms with E-state index in [-0.39, 0.29) is 11.7 Å². The van der Waals surface area contributed by atoms with Crippen molar-refractivity contribution in [3.8, 4) is 0 Å². The van der Waals surface area contributed by atoms with Crippen LogP contribution < -0.4 is 0 Å². The van der Waals surface area contributed by atoms with Crippen LogP contribution in [0.25, 0.3) is 0 Å². The van der Waals surface area contributed by atoms with E-state index < -0.39 is 0 Å². The van der Waals surface area contributed by atoms with Gasteiger partial charge in [-0.2, -0.15) is 0 Å². The largest absolute Gasteiger partial charge is 0.350 e. The molecule has 0 aromatic heterocycles. The maximum atomic E-state index is 5.76. The Labute approximate surface area is 93.7 Å². The Kier molecular flexibility index (Phi) is 4.56. The molecule has 90 valence electrons. The molecular formula is C12H25NO2. The van der Waals surface area contributed by atoms with Gasteiger partial charge in [-0.1, -0.05) is 27.7 Å². The lowest BCUT2D eigenvalue weighted by molar-refractivity contribution is -0.243. The molecule has 0 aromatic rings. The predicted octanol–water partition coefficient (Wildman–Crippen LogP) is 2.12. The van der Waals surface area contributed by atoms with E-state index in [1.54, 1.807) is 0 Å². The second-order valence-corrected chi connectivity index (χ2v) is 5.50. The van der Waals surface area contributed by atoms with E-state index in [1.165, 1.54) is 6.42 Å². The van der Waals surface area contributed by atoms with Crippen molar-refractivity contribution in [2.75, 3.05) is 26.8 Å². The van der Waals surface area contributed by atoms with Crippen molar-refractivity contribution >= 4 is 0 Å². The molecule has 0 radical (unpaired) electrons. The number of rotatable bonds is 3. The lowest BCUT2D eigenvalue weighted by Gasteiger charge is -2.39. The molecule has 0 aliphatic carbocycles. The van der Waals surface area contributed by atoms with Crippen LogP contribution in [-0.4, -0.2) is 44.0 Å². The van der Waals surface area contributed by atoms with E-state index in [4.69, 9.17) is 9.47 Å².